The van der Waals surface area contributed by atoms with Crippen molar-refractivity contribution in [2.75, 3.05) is 26.2 Å². The number of likely N-dealkylation sites (tertiary alicyclic amines) is 1. The third kappa shape index (κ3) is 5.53. The molecule has 1 fully saturated rings. The first-order valence-electron chi connectivity index (χ1n) is 10.4. The first-order valence-corrected chi connectivity index (χ1v) is 10.4. The molecule has 1 aliphatic heterocycles. The minimum atomic E-state index is 0.0152. The van der Waals surface area contributed by atoms with Crippen molar-refractivity contribution in [1.82, 2.24) is 14.8 Å². The number of nitrogens with zero attached hydrogens (tertiary/aromatic N) is 3. The summed E-state index contributed by atoms with van der Waals surface area (Å²) in [6, 6.07) is 11.0. The number of aliphatic hydroxyl groups is 1. The first-order chi connectivity index (χ1) is 13.7. The van der Waals surface area contributed by atoms with Crippen LogP contribution in [0.4, 0.5) is 0 Å². The second kappa shape index (κ2) is 10.6. The molecule has 3 rings (SSSR count). The molecule has 28 heavy (non-hydrogen) atoms. The SMILES string of the molecule is CCOc1ccc(CN2CCCC(N(CC)Cc3ccncc3)C2)cc1CO. The number of aliphatic hydroxyl groups excluding tert-OH is 1. The number of hydrogen-bond donors (Lipinski definition) is 1. The molecule has 1 aromatic heterocycles. The number of pyridine rings is 1. The van der Waals surface area contributed by atoms with Gasteiger partial charge in [0.05, 0.1) is 13.2 Å². The highest BCUT2D eigenvalue weighted by atomic mass is 16.5. The van der Waals surface area contributed by atoms with Gasteiger partial charge in [0.1, 0.15) is 5.75 Å². The highest BCUT2D eigenvalue weighted by Crippen LogP contribution is 2.24. The second-order valence-electron chi connectivity index (χ2n) is 7.48. The zero-order valence-electron chi connectivity index (χ0n) is 17.2. The molecule has 1 N–H and O–H groups in total. The van der Waals surface area contributed by atoms with Crippen molar-refractivity contribution in [3.05, 3.63) is 59.4 Å². The van der Waals surface area contributed by atoms with E-state index in [2.05, 4.69) is 46.0 Å². The summed E-state index contributed by atoms with van der Waals surface area (Å²) in [4.78, 5) is 9.25. The molecule has 0 amide bonds. The fourth-order valence-corrected chi connectivity index (χ4v) is 4.10. The minimum Gasteiger partial charge on any atom is -0.494 e. The average Bonchev–Trinajstić information content (AvgIpc) is 2.74. The monoisotopic (exact) mass is 383 g/mol. The van der Waals surface area contributed by atoms with Crippen molar-refractivity contribution in [1.29, 1.82) is 0 Å². The number of ether oxygens (including phenoxy) is 1. The molecule has 2 aromatic rings. The van der Waals surface area contributed by atoms with Crippen LogP contribution in [0.1, 0.15) is 43.4 Å². The summed E-state index contributed by atoms with van der Waals surface area (Å²) in [5.74, 6) is 0.791. The van der Waals surface area contributed by atoms with Gasteiger partial charge < -0.3 is 9.84 Å². The topological polar surface area (TPSA) is 48.8 Å². The van der Waals surface area contributed by atoms with Crippen LogP contribution in [0.15, 0.2) is 42.7 Å². The summed E-state index contributed by atoms with van der Waals surface area (Å²) in [6.07, 6.45) is 6.23. The molecule has 5 nitrogen and oxygen atoms in total. The number of rotatable bonds is 9. The van der Waals surface area contributed by atoms with Crippen molar-refractivity contribution in [3.63, 3.8) is 0 Å². The van der Waals surface area contributed by atoms with E-state index in [0.29, 0.717) is 12.6 Å². The van der Waals surface area contributed by atoms with Crippen LogP contribution in [0.3, 0.4) is 0 Å². The smallest absolute Gasteiger partial charge is 0.124 e. The summed E-state index contributed by atoms with van der Waals surface area (Å²) in [7, 11) is 0. The van der Waals surface area contributed by atoms with E-state index in [4.69, 9.17) is 4.74 Å². The second-order valence-corrected chi connectivity index (χ2v) is 7.48. The van der Waals surface area contributed by atoms with Gasteiger partial charge in [0.15, 0.2) is 0 Å². The summed E-state index contributed by atoms with van der Waals surface area (Å²) < 4.78 is 5.61. The summed E-state index contributed by atoms with van der Waals surface area (Å²) in [5.41, 5.74) is 3.44. The van der Waals surface area contributed by atoms with Crippen LogP contribution in [0.25, 0.3) is 0 Å². The van der Waals surface area contributed by atoms with Crippen LogP contribution in [0.2, 0.25) is 0 Å². The average molecular weight is 384 g/mol. The zero-order valence-corrected chi connectivity index (χ0v) is 17.2. The minimum absolute atomic E-state index is 0.0152. The lowest BCUT2D eigenvalue weighted by Gasteiger charge is -2.39. The maximum Gasteiger partial charge on any atom is 0.124 e. The lowest BCUT2D eigenvalue weighted by molar-refractivity contribution is 0.0917. The Kier molecular flexibility index (Phi) is 7.83. The van der Waals surface area contributed by atoms with E-state index in [-0.39, 0.29) is 6.61 Å². The van der Waals surface area contributed by atoms with Crippen molar-refractivity contribution in [3.8, 4) is 5.75 Å². The van der Waals surface area contributed by atoms with Gasteiger partial charge in [-0.2, -0.15) is 0 Å². The number of aromatic nitrogens is 1. The van der Waals surface area contributed by atoms with Gasteiger partial charge in [-0.15, -0.1) is 0 Å². The molecule has 1 unspecified atom stereocenters. The molecule has 0 bridgehead atoms. The summed E-state index contributed by atoms with van der Waals surface area (Å²) in [6.45, 7) is 10.0. The Bertz CT molecular complexity index is 723. The molecule has 1 aromatic carbocycles. The Morgan fingerprint density at radius 1 is 1.18 bits per heavy atom. The molecule has 1 atom stereocenters. The molecule has 0 aliphatic carbocycles. The maximum atomic E-state index is 9.66. The Morgan fingerprint density at radius 2 is 2.00 bits per heavy atom. The molecule has 1 aliphatic rings. The molecule has 1 saturated heterocycles. The Balaban J connectivity index is 1.62. The Labute approximate surface area is 169 Å². The first kappa shape index (κ1) is 20.8. The molecule has 152 valence electrons. The number of likely N-dealkylation sites (N-methyl/N-ethyl adjacent to an activating group) is 1. The molecule has 5 heteroatoms. The van der Waals surface area contributed by atoms with Crippen LogP contribution < -0.4 is 4.74 Å². The third-order valence-corrected chi connectivity index (χ3v) is 5.54. The van der Waals surface area contributed by atoms with Gasteiger partial charge >= 0.3 is 0 Å². The fraction of sp³-hybridized carbons (Fsp3) is 0.522. The molecular weight excluding hydrogens is 350 g/mol. The standard InChI is InChI=1S/C23H33N3O2/c1-3-26(16-19-9-11-24-12-10-19)22-6-5-13-25(17-22)15-20-7-8-23(28-4-2)21(14-20)18-27/h7-12,14,22,27H,3-6,13,15-18H2,1-2H3. The van der Waals surface area contributed by atoms with Gasteiger partial charge in [0, 0.05) is 43.6 Å². The van der Waals surface area contributed by atoms with Gasteiger partial charge in [-0.3, -0.25) is 14.8 Å². The van der Waals surface area contributed by atoms with E-state index in [1.165, 1.54) is 24.0 Å². The number of benzene rings is 1. The van der Waals surface area contributed by atoms with Gasteiger partial charge in [-0.1, -0.05) is 13.0 Å². The lowest BCUT2D eigenvalue weighted by atomic mass is 10.0. The van der Waals surface area contributed by atoms with E-state index >= 15 is 0 Å². The van der Waals surface area contributed by atoms with Crippen molar-refractivity contribution in [2.24, 2.45) is 0 Å². The maximum absolute atomic E-state index is 9.66. The summed E-state index contributed by atoms with van der Waals surface area (Å²) in [5, 5.41) is 9.66. The Hall–Kier alpha value is -1.95. The van der Waals surface area contributed by atoms with Crippen LogP contribution in [0, 0.1) is 0 Å². The van der Waals surface area contributed by atoms with Gasteiger partial charge in [-0.25, -0.2) is 0 Å². The molecule has 2 heterocycles. The van der Waals surface area contributed by atoms with Gasteiger partial charge in [0.25, 0.3) is 0 Å². The Morgan fingerprint density at radius 3 is 2.71 bits per heavy atom. The van der Waals surface area contributed by atoms with Crippen LogP contribution >= 0.6 is 0 Å². The highest BCUT2D eigenvalue weighted by molar-refractivity contribution is 5.37. The van der Waals surface area contributed by atoms with E-state index in [9.17, 15) is 5.11 Å². The quantitative estimate of drug-likeness (QED) is 0.719. The van der Waals surface area contributed by atoms with Crippen molar-refractivity contribution >= 4 is 0 Å². The largest absolute Gasteiger partial charge is 0.494 e. The van der Waals surface area contributed by atoms with Gasteiger partial charge in [-0.05, 0) is 68.2 Å². The normalized spacial score (nSPS) is 17.8. The summed E-state index contributed by atoms with van der Waals surface area (Å²) >= 11 is 0. The van der Waals surface area contributed by atoms with E-state index in [0.717, 1.165) is 44.0 Å². The van der Waals surface area contributed by atoms with Crippen molar-refractivity contribution < 1.29 is 9.84 Å². The highest BCUT2D eigenvalue weighted by Gasteiger charge is 2.24. The molecule has 0 saturated carbocycles. The van der Waals surface area contributed by atoms with Crippen molar-refractivity contribution in [2.45, 2.75) is 52.4 Å². The van der Waals surface area contributed by atoms with Crippen LogP contribution in [0.5, 0.6) is 5.75 Å². The number of piperidine rings is 1. The third-order valence-electron chi connectivity index (χ3n) is 5.54. The molecular formula is C23H33N3O2. The zero-order chi connectivity index (χ0) is 19.8. The number of hydrogen-bond acceptors (Lipinski definition) is 5. The van der Waals surface area contributed by atoms with E-state index in [1.807, 2.05) is 25.4 Å². The predicted molar refractivity (Wildman–Crippen MR) is 112 cm³/mol. The van der Waals surface area contributed by atoms with Crippen LogP contribution in [-0.2, 0) is 19.7 Å². The van der Waals surface area contributed by atoms with Crippen LogP contribution in [-0.4, -0.2) is 52.2 Å². The lowest BCUT2D eigenvalue weighted by Crippen LogP contribution is -2.47. The predicted octanol–water partition coefficient (Wildman–Crippen LogP) is 3.46. The van der Waals surface area contributed by atoms with E-state index < -0.39 is 0 Å². The molecule has 0 spiro atoms. The fourth-order valence-electron chi connectivity index (χ4n) is 4.10. The van der Waals surface area contributed by atoms with Gasteiger partial charge in [0.2, 0.25) is 0 Å². The molecule has 0 radical (unpaired) electrons. The van der Waals surface area contributed by atoms with E-state index in [1.54, 1.807) is 0 Å².